The average Bonchev–Trinajstić information content (AvgIpc) is 2.64. The van der Waals surface area contributed by atoms with Gasteiger partial charge in [0.1, 0.15) is 6.54 Å². The van der Waals surface area contributed by atoms with Crippen LogP contribution >= 0.6 is 11.6 Å². The largest absolute Gasteiger partial charge is 0.358 e. The monoisotopic (exact) mass is 276 g/mol. The van der Waals surface area contributed by atoms with Gasteiger partial charge in [-0.1, -0.05) is 16.7 Å². The smallest absolute Gasteiger partial charge is 0.346 e. The van der Waals surface area contributed by atoms with Crippen molar-refractivity contribution in [1.82, 2.24) is 14.7 Å². The SMILES string of the molecule is CN1CCC(F)(Cn2nc(Cl)cc2[N+](=O)[O-])CC1. The molecule has 0 amide bonds. The molecule has 0 radical (unpaired) electrons. The van der Waals surface area contributed by atoms with E-state index in [1.54, 1.807) is 0 Å². The van der Waals surface area contributed by atoms with Gasteiger partial charge in [0, 0.05) is 13.1 Å². The van der Waals surface area contributed by atoms with Crippen LogP contribution in [0.4, 0.5) is 10.2 Å². The molecule has 2 heterocycles. The summed E-state index contributed by atoms with van der Waals surface area (Å²) < 4.78 is 15.6. The van der Waals surface area contributed by atoms with E-state index in [-0.39, 0.29) is 17.5 Å². The van der Waals surface area contributed by atoms with Crippen LogP contribution in [0.3, 0.4) is 0 Å². The first-order valence-corrected chi connectivity index (χ1v) is 6.03. The van der Waals surface area contributed by atoms with Crippen molar-refractivity contribution in [1.29, 1.82) is 0 Å². The van der Waals surface area contributed by atoms with E-state index < -0.39 is 10.6 Å². The maximum absolute atomic E-state index is 14.5. The van der Waals surface area contributed by atoms with E-state index >= 15 is 0 Å². The molecule has 0 bridgehead atoms. The lowest BCUT2D eigenvalue weighted by Crippen LogP contribution is -2.42. The highest BCUT2D eigenvalue weighted by Crippen LogP contribution is 2.30. The molecule has 1 aliphatic rings. The van der Waals surface area contributed by atoms with Crippen LogP contribution in [0.25, 0.3) is 0 Å². The Morgan fingerprint density at radius 3 is 2.78 bits per heavy atom. The number of nitro groups is 1. The van der Waals surface area contributed by atoms with Crippen LogP contribution in [0.1, 0.15) is 12.8 Å². The molecule has 1 saturated heterocycles. The lowest BCUT2D eigenvalue weighted by Gasteiger charge is -2.32. The van der Waals surface area contributed by atoms with Crippen LogP contribution in [-0.2, 0) is 6.54 Å². The third-order valence-electron chi connectivity index (χ3n) is 3.23. The van der Waals surface area contributed by atoms with E-state index in [0.717, 1.165) is 10.7 Å². The quantitative estimate of drug-likeness (QED) is 0.625. The Morgan fingerprint density at radius 1 is 1.61 bits per heavy atom. The predicted molar refractivity (Wildman–Crippen MR) is 64.5 cm³/mol. The first kappa shape index (κ1) is 13.2. The number of piperidine rings is 1. The minimum absolute atomic E-state index is 0.0122. The Morgan fingerprint density at radius 2 is 2.22 bits per heavy atom. The zero-order chi connectivity index (χ0) is 13.3. The molecule has 18 heavy (non-hydrogen) atoms. The molecule has 0 atom stereocenters. The Balaban J connectivity index is 2.16. The van der Waals surface area contributed by atoms with Crippen LogP contribution in [0.15, 0.2) is 6.07 Å². The molecule has 0 unspecified atom stereocenters. The summed E-state index contributed by atoms with van der Waals surface area (Å²) in [5, 5.41) is 14.6. The molecular weight excluding hydrogens is 263 g/mol. The van der Waals surface area contributed by atoms with E-state index in [1.807, 2.05) is 11.9 Å². The van der Waals surface area contributed by atoms with Gasteiger partial charge in [-0.3, -0.25) is 0 Å². The van der Waals surface area contributed by atoms with Crippen molar-refractivity contribution in [3.05, 3.63) is 21.3 Å². The summed E-state index contributed by atoms with van der Waals surface area (Å²) in [6.45, 7) is 1.16. The van der Waals surface area contributed by atoms with E-state index in [9.17, 15) is 14.5 Å². The molecule has 8 heteroatoms. The normalized spacial score (nSPS) is 19.9. The van der Waals surface area contributed by atoms with Crippen molar-refractivity contribution in [2.24, 2.45) is 0 Å². The molecule has 2 rings (SSSR count). The Hall–Kier alpha value is -1.21. The zero-order valence-corrected chi connectivity index (χ0v) is 10.7. The first-order chi connectivity index (χ1) is 8.39. The second-order valence-electron chi connectivity index (χ2n) is 4.69. The standard InChI is InChI=1S/C10H14ClFN4O2/c1-14-4-2-10(12,3-5-14)7-15-9(16(17)18)6-8(11)13-15/h6H,2-5,7H2,1H3. The van der Waals surface area contributed by atoms with E-state index in [0.29, 0.717) is 25.9 Å². The van der Waals surface area contributed by atoms with Gasteiger partial charge in [-0.15, -0.1) is 4.68 Å². The molecule has 0 spiro atoms. The number of hydrogen-bond acceptors (Lipinski definition) is 4. The fourth-order valence-electron chi connectivity index (χ4n) is 2.09. The van der Waals surface area contributed by atoms with Gasteiger partial charge >= 0.3 is 5.82 Å². The van der Waals surface area contributed by atoms with Crippen molar-refractivity contribution >= 4 is 17.4 Å². The van der Waals surface area contributed by atoms with Crippen LogP contribution in [0, 0.1) is 10.1 Å². The van der Waals surface area contributed by atoms with Gasteiger partial charge in [0.2, 0.25) is 0 Å². The maximum atomic E-state index is 14.5. The number of aromatic nitrogens is 2. The third kappa shape index (κ3) is 2.78. The third-order valence-corrected chi connectivity index (χ3v) is 3.42. The second kappa shape index (κ2) is 4.81. The van der Waals surface area contributed by atoms with Gasteiger partial charge < -0.3 is 15.0 Å². The highest BCUT2D eigenvalue weighted by atomic mass is 35.5. The van der Waals surface area contributed by atoms with Gasteiger partial charge in [-0.25, -0.2) is 4.39 Å². The van der Waals surface area contributed by atoms with Gasteiger partial charge in [0.25, 0.3) is 0 Å². The van der Waals surface area contributed by atoms with Crippen molar-refractivity contribution in [3.8, 4) is 0 Å². The van der Waals surface area contributed by atoms with Gasteiger partial charge in [-0.05, 0) is 24.8 Å². The number of rotatable bonds is 3. The Labute approximate surface area is 108 Å². The van der Waals surface area contributed by atoms with Gasteiger partial charge in [0.05, 0.1) is 6.07 Å². The summed E-state index contributed by atoms with van der Waals surface area (Å²) >= 11 is 5.63. The van der Waals surface area contributed by atoms with Crippen molar-refractivity contribution in [2.75, 3.05) is 20.1 Å². The predicted octanol–water partition coefficient (Wildman–Crippen LogP) is 1.88. The molecule has 0 aliphatic carbocycles. The van der Waals surface area contributed by atoms with Crippen LogP contribution in [-0.4, -0.2) is 45.4 Å². The van der Waals surface area contributed by atoms with E-state index in [2.05, 4.69) is 5.10 Å². The molecular formula is C10H14ClFN4O2. The van der Waals surface area contributed by atoms with Gasteiger partial charge in [0.15, 0.2) is 10.8 Å². The van der Waals surface area contributed by atoms with Crippen LogP contribution < -0.4 is 0 Å². The molecule has 1 aromatic heterocycles. The first-order valence-electron chi connectivity index (χ1n) is 5.65. The topological polar surface area (TPSA) is 64.2 Å². The van der Waals surface area contributed by atoms with E-state index in [4.69, 9.17) is 11.6 Å². The van der Waals surface area contributed by atoms with Crippen molar-refractivity contribution in [3.63, 3.8) is 0 Å². The van der Waals surface area contributed by atoms with Crippen LogP contribution in [0.5, 0.6) is 0 Å². The summed E-state index contributed by atoms with van der Waals surface area (Å²) in [5.41, 5.74) is -1.45. The second-order valence-corrected chi connectivity index (χ2v) is 5.08. The average molecular weight is 277 g/mol. The molecule has 0 aromatic carbocycles. The fourth-order valence-corrected chi connectivity index (χ4v) is 2.27. The summed E-state index contributed by atoms with van der Waals surface area (Å²) in [4.78, 5) is 12.2. The number of likely N-dealkylation sites (tertiary alicyclic amines) is 1. The molecule has 100 valence electrons. The highest BCUT2D eigenvalue weighted by molar-refractivity contribution is 6.29. The lowest BCUT2D eigenvalue weighted by molar-refractivity contribution is -0.393. The lowest BCUT2D eigenvalue weighted by atomic mass is 9.93. The van der Waals surface area contributed by atoms with E-state index in [1.165, 1.54) is 0 Å². The maximum Gasteiger partial charge on any atom is 0.346 e. The Bertz CT molecular complexity index is 457. The summed E-state index contributed by atoms with van der Waals surface area (Å²) in [5.74, 6) is -0.268. The minimum atomic E-state index is -1.45. The molecule has 1 aliphatic heterocycles. The molecule has 1 fully saturated rings. The number of nitrogens with zero attached hydrogens (tertiary/aromatic N) is 4. The minimum Gasteiger partial charge on any atom is -0.358 e. The Kier molecular flexibility index (Phi) is 3.54. The van der Waals surface area contributed by atoms with Crippen molar-refractivity contribution in [2.45, 2.75) is 25.1 Å². The van der Waals surface area contributed by atoms with Crippen LogP contribution in [0.2, 0.25) is 5.15 Å². The molecule has 6 nitrogen and oxygen atoms in total. The zero-order valence-electron chi connectivity index (χ0n) is 9.97. The summed E-state index contributed by atoms with van der Waals surface area (Å²) in [6.07, 6.45) is 0.691. The highest BCUT2D eigenvalue weighted by Gasteiger charge is 2.38. The fraction of sp³-hybridized carbons (Fsp3) is 0.700. The van der Waals surface area contributed by atoms with Crippen molar-refractivity contribution < 1.29 is 9.31 Å². The molecule has 0 saturated carbocycles. The number of alkyl halides is 1. The number of hydrogen-bond donors (Lipinski definition) is 0. The summed E-state index contributed by atoms with van der Waals surface area (Å²) in [6, 6.07) is 1.14. The summed E-state index contributed by atoms with van der Waals surface area (Å²) in [7, 11) is 1.92. The number of halogens is 2. The molecule has 0 N–H and O–H groups in total. The molecule has 1 aromatic rings. The van der Waals surface area contributed by atoms with Gasteiger partial charge in [-0.2, -0.15) is 0 Å².